The topological polar surface area (TPSA) is 51.2 Å². The first-order chi connectivity index (χ1) is 12.4. The van der Waals surface area contributed by atoms with Gasteiger partial charge in [-0.15, -0.1) is 0 Å². The Balaban J connectivity index is 2.25. The fourth-order valence-electron chi connectivity index (χ4n) is 3.23. The molecule has 0 saturated heterocycles. The molecule has 6 heteroatoms. The predicted octanol–water partition coefficient (Wildman–Crippen LogP) is 5.20. The molecule has 2 heterocycles. The van der Waals surface area contributed by atoms with E-state index in [-0.39, 0.29) is 5.92 Å². The summed E-state index contributed by atoms with van der Waals surface area (Å²) in [5.41, 5.74) is 4.43. The van der Waals surface area contributed by atoms with E-state index in [4.69, 9.17) is 27.9 Å². The molecule has 134 valence electrons. The fourth-order valence-corrected chi connectivity index (χ4v) is 3.86. The van der Waals surface area contributed by atoms with Crippen molar-refractivity contribution in [2.24, 2.45) is 0 Å². The van der Waals surface area contributed by atoms with E-state index in [0.717, 1.165) is 22.5 Å². The Bertz CT molecular complexity index is 915. The highest BCUT2D eigenvalue weighted by Gasteiger charge is 2.30. The van der Waals surface area contributed by atoms with Crippen molar-refractivity contribution in [2.45, 2.75) is 19.8 Å². The maximum Gasteiger partial charge on any atom is 0.340 e. The van der Waals surface area contributed by atoms with Gasteiger partial charge in [-0.05, 0) is 38.1 Å². The van der Waals surface area contributed by atoms with Crippen LogP contribution in [-0.2, 0) is 4.74 Å². The molecule has 3 rings (SSSR count). The van der Waals surface area contributed by atoms with E-state index >= 15 is 0 Å². The average Bonchev–Trinajstić information content (AvgIpc) is 2.60. The predicted molar refractivity (Wildman–Crippen MR) is 104 cm³/mol. The molecular weight excluding hydrogens is 371 g/mol. The summed E-state index contributed by atoms with van der Waals surface area (Å²) in [6, 6.07) is 8.83. The minimum Gasteiger partial charge on any atom is -0.465 e. The minimum absolute atomic E-state index is 0.240. The van der Waals surface area contributed by atoms with Crippen LogP contribution < -0.4 is 5.32 Å². The Hall–Kier alpha value is -2.30. The standard InChI is InChI=1S/C20H18Cl2N2O2/c1-11-10-14(18-15(21)7-4-8-16(18)22)17(12(2)24-11)19-13(20(25)26-3)6-5-9-23-19/h4-10,14,24H,1-3H3. The second kappa shape index (κ2) is 7.52. The van der Waals surface area contributed by atoms with Crippen LogP contribution in [0.15, 0.2) is 54.0 Å². The molecule has 1 aliphatic rings. The quantitative estimate of drug-likeness (QED) is 0.734. The monoisotopic (exact) mass is 388 g/mol. The van der Waals surface area contributed by atoms with Gasteiger partial charge in [-0.25, -0.2) is 4.79 Å². The Labute approximate surface area is 162 Å². The van der Waals surface area contributed by atoms with Gasteiger partial charge < -0.3 is 10.1 Å². The molecule has 1 aromatic heterocycles. The van der Waals surface area contributed by atoms with Crippen molar-refractivity contribution in [2.75, 3.05) is 7.11 Å². The normalized spacial score (nSPS) is 16.8. The van der Waals surface area contributed by atoms with E-state index in [9.17, 15) is 4.79 Å². The van der Waals surface area contributed by atoms with Crippen LogP contribution in [0.5, 0.6) is 0 Å². The number of rotatable bonds is 3. The van der Waals surface area contributed by atoms with Crippen LogP contribution in [0, 0.1) is 0 Å². The summed E-state index contributed by atoms with van der Waals surface area (Å²) in [5, 5.41) is 4.44. The van der Waals surface area contributed by atoms with Crippen LogP contribution in [0.1, 0.15) is 41.4 Å². The second-order valence-electron chi connectivity index (χ2n) is 6.02. The van der Waals surface area contributed by atoms with Gasteiger partial charge in [0, 0.05) is 44.7 Å². The highest BCUT2D eigenvalue weighted by Crippen LogP contribution is 2.44. The molecule has 0 amide bonds. The lowest BCUT2D eigenvalue weighted by Gasteiger charge is -2.28. The summed E-state index contributed by atoms with van der Waals surface area (Å²) < 4.78 is 4.92. The zero-order valence-corrected chi connectivity index (χ0v) is 16.2. The molecule has 0 spiro atoms. The number of carbonyl (C=O) groups excluding carboxylic acids is 1. The molecule has 4 nitrogen and oxygen atoms in total. The van der Waals surface area contributed by atoms with Crippen molar-refractivity contribution in [3.05, 3.63) is 80.9 Å². The van der Waals surface area contributed by atoms with Crippen LogP contribution in [-0.4, -0.2) is 18.1 Å². The van der Waals surface area contributed by atoms with E-state index < -0.39 is 5.97 Å². The van der Waals surface area contributed by atoms with Crippen LogP contribution in [0.25, 0.3) is 5.57 Å². The first-order valence-corrected chi connectivity index (χ1v) is 8.83. The molecule has 0 saturated carbocycles. The van der Waals surface area contributed by atoms with E-state index in [1.54, 1.807) is 30.5 Å². The number of hydrogen-bond acceptors (Lipinski definition) is 4. The number of aromatic nitrogens is 1. The van der Waals surface area contributed by atoms with Gasteiger partial charge in [0.15, 0.2) is 0 Å². The fraction of sp³-hybridized carbons (Fsp3) is 0.200. The zero-order valence-electron chi connectivity index (χ0n) is 14.6. The number of esters is 1. The third-order valence-corrected chi connectivity index (χ3v) is 4.95. The Morgan fingerprint density at radius 1 is 1.15 bits per heavy atom. The van der Waals surface area contributed by atoms with Crippen LogP contribution in [0.4, 0.5) is 0 Å². The zero-order chi connectivity index (χ0) is 18.8. The SMILES string of the molecule is COC(=O)c1cccnc1C1=C(C)NC(C)=CC1c1c(Cl)cccc1Cl. The molecule has 2 aromatic rings. The first kappa shape index (κ1) is 18.5. The lowest BCUT2D eigenvalue weighted by Crippen LogP contribution is -2.21. The highest BCUT2D eigenvalue weighted by molar-refractivity contribution is 6.36. The van der Waals surface area contributed by atoms with Crippen molar-refractivity contribution in [3.8, 4) is 0 Å². The molecule has 1 N–H and O–H groups in total. The summed E-state index contributed by atoms with van der Waals surface area (Å²) in [4.78, 5) is 16.7. The van der Waals surface area contributed by atoms with Gasteiger partial charge in [0.05, 0.1) is 18.4 Å². The second-order valence-corrected chi connectivity index (χ2v) is 6.83. The highest BCUT2D eigenvalue weighted by atomic mass is 35.5. The van der Waals surface area contributed by atoms with Crippen LogP contribution >= 0.6 is 23.2 Å². The summed E-state index contributed by atoms with van der Waals surface area (Å²) in [7, 11) is 1.35. The molecule has 1 unspecified atom stereocenters. The molecule has 0 radical (unpaired) electrons. The van der Waals surface area contributed by atoms with Crippen molar-refractivity contribution in [1.82, 2.24) is 10.3 Å². The number of halogens is 2. The van der Waals surface area contributed by atoms with Crippen molar-refractivity contribution in [1.29, 1.82) is 0 Å². The lowest BCUT2D eigenvalue weighted by molar-refractivity contribution is 0.0600. The van der Waals surface area contributed by atoms with Gasteiger partial charge in [0.25, 0.3) is 0 Å². The van der Waals surface area contributed by atoms with E-state index in [0.29, 0.717) is 21.3 Å². The van der Waals surface area contributed by atoms with Gasteiger partial charge in [-0.3, -0.25) is 4.98 Å². The van der Waals surface area contributed by atoms with Gasteiger partial charge in [0.2, 0.25) is 0 Å². The molecule has 0 fully saturated rings. The molecule has 26 heavy (non-hydrogen) atoms. The first-order valence-electron chi connectivity index (χ1n) is 8.07. The Morgan fingerprint density at radius 3 is 2.50 bits per heavy atom. The Kier molecular flexibility index (Phi) is 5.35. The van der Waals surface area contributed by atoms with Gasteiger partial charge >= 0.3 is 5.97 Å². The van der Waals surface area contributed by atoms with E-state index in [1.165, 1.54) is 7.11 Å². The number of pyridine rings is 1. The number of nitrogens with zero attached hydrogens (tertiary/aromatic N) is 1. The van der Waals surface area contributed by atoms with E-state index in [2.05, 4.69) is 10.3 Å². The van der Waals surface area contributed by atoms with Gasteiger partial charge in [0.1, 0.15) is 0 Å². The molecule has 1 aromatic carbocycles. The number of ether oxygens (including phenoxy) is 1. The molecule has 0 bridgehead atoms. The van der Waals surface area contributed by atoms with Crippen molar-refractivity contribution in [3.63, 3.8) is 0 Å². The van der Waals surface area contributed by atoms with Crippen LogP contribution in [0.2, 0.25) is 10.0 Å². The summed E-state index contributed by atoms with van der Waals surface area (Å²) >= 11 is 12.9. The molecule has 1 atom stereocenters. The summed E-state index contributed by atoms with van der Waals surface area (Å²) in [6.07, 6.45) is 3.68. The third-order valence-electron chi connectivity index (χ3n) is 4.30. The largest absolute Gasteiger partial charge is 0.465 e. The minimum atomic E-state index is -0.441. The smallest absolute Gasteiger partial charge is 0.340 e. The van der Waals surface area contributed by atoms with Crippen molar-refractivity contribution >= 4 is 34.7 Å². The maximum atomic E-state index is 12.3. The van der Waals surface area contributed by atoms with Gasteiger partial charge in [-0.2, -0.15) is 0 Å². The number of hydrogen-bond donors (Lipinski definition) is 1. The van der Waals surface area contributed by atoms with Crippen molar-refractivity contribution < 1.29 is 9.53 Å². The number of nitrogens with one attached hydrogen (secondary N) is 1. The number of carbonyl (C=O) groups is 1. The number of allylic oxidation sites excluding steroid dienone is 4. The molecule has 1 aliphatic heterocycles. The average molecular weight is 389 g/mol. The maximum absolute atomic E-state index is 12.3. The number of methoxy groups -OCH3 is 1. The molecular formula is C20H18Cl2N2O2. The lowest BCUT2D eigenvalue weighted by atomic mass is 9.83. The summed E-state index contributed by atoms with van der Waals surface area (Å²) in [6.45, 7) is 3.91. The number of dihydropyridines is 1. The van der Waals surface area contributed by atoms with Crippen LogP contribution in [0.3, 0.4) is 0 Å². The van der Waals surface area contributed by atoms with E-state index in [1.807, 2.05) is 26.0 Å². The molecule has 0 aliphatic carbocycles. The number of benzene rings is 1. The third kappa shape index (κ3) is 3.35. The Morgan fingerprint density at radius 2 is 1.85 bits per heavy atom. The van der Waals surface area contributed by atoms with Gasteiger partial charge in [-0.1, -0.05) is 35.3 Å². The summed E-state index contributed by atoms with van der Waals surface area (Å²) in [5.74, 6) is -0.681.